The number of amides is 1. The van der Waals surface area contributed by atoms with Gasteiger partial charge in [0.2, 0.25) is 5.91 Å². The Morgan fingerprint density at radius 1 is 1.20 bits per heavy atom. The zero-order valence-electron chi connectivity index (χ0n) is 13.2. The lowest BCUT2D eigenvalue weighted by Gasteiger charge is -2.22. The van der Waals surface area contributed by atoms with Crippen LogP contribution in [0.1, 0.15) is 43.0 Å². The molecule has 0 atom stereocenters. The molecule has 0 saturated carbocycles. The van der Waals surface area contributed by atoms with Crippen molar-refractivity contribution in [1.29, 1.82) is 0 Å². The molecular weight excluding hydrogens is 272 g/mol. The van der Waals surface area contributed by atoms with Gasteiger partial charge in [0.25, 0.3) is 0 Å². The Hall–Kier alpha value is -1.06. The van der Waals surface area contributed by atoms with E-state index in [2.05, 4.69) is 52.1 Å². The minimum absolute atomic E-state index is 0. The molecular formula is C16H27ClN2O. The molecule has 0 bridgehead atoms. The van der Waals surface area contributed by atoms with Gasteiger partial charge in [0, 0.05) is 13.1 Å². The van der Waals surface area contributed by atoms with Crippen LogP contribution < -0.4 is 11.1 Å². The van der Waals surface area contributed by atoms with Gasteiger partial charge in [-0.2, -0.15) is 0 Å². The number of nitrogens with two attached hydrogens (primary N) is 1. The van der Waals surface area contributed by atoms with E-state index in [0.29, 0.717) is 19.5 Å². The zero-order valence-corrected chi connectivity index (χ0v) is 14.0. The highest BCUT2D eigenvalue weighted by Gasteiger charge is 2.17. The summed E-state index contributed by atoms with van der Waals surface area (Å²) < 4.78 is 0. The lowest BCUT2D eigenvalue weighted by Crippen LogP contribution is -2.30. The molecule has 4 heteroatoms. The second-order valence-corrected chi connectivity index (χ2v) is 6.15. The van der Waals surface area contributed by atoms with Crippen molar-refractivity contribution in [2.75, 3.05) is 13.1 Å². The molecule has 1 aromatic rings. The molecule has 0 aliphatic carbocycles. The Labute approximate surface area is 128 Å². The number of hydrogen-bond acceptors (Lipinski definition) is 2. The van der Waals surface area contributed by atoms with E-state index in [9.17, 15) is 4.79 Å². The number of rotatable bonds is 4. The zero-order chi connectivity index (χ0) is 14.6. The lowest BCUT2D eigenvalue weighted by molar-refractivity contribution is -0.120. The number of hydrogen-bond donors (Lipinski definition) is 2. The SMILES string of the molecule is Cc1cc(C(C)(C)C)cc(C)c1CC(=O)NCCN.Cl. The van der Waals surface area contributed by atoms with Gasteiger partial charge in [0.1, 0.15) is 0 Å². The molecule has 0 aliphatic rings. The smallest absolute Gasteiger partial charge is 0.224 e. The van der Waals surface area contributed by atoms with E-state index >= 15 is 0 Å². The van der Waals surface area contributed by atoms with Crippen LogP contribution in [0.25, 0.3) is 0 Å². The van der Waals surface area contributed by atoms with Crippen LogP contribution in [0.3, 0.4) is 0 Å². The van der Waals surface area contributed by atoms with Crippen molar-refractivity contribution in [3.05, 3.63) is 34.4 Å². The number of carbonyl (C=O) groups is 1. The van der Waals surface area contributed by atoms with Crippen LogP contribution in [-0.4, -0.2) is 19.0 Å². The first-order valence-corrected chi connectivity index (χ1v) is 6.83. The summed E-state index contributed by atoms with van der Waals surface area (Å²) in [7, 11) is 0. The van der Waals surface area contributed by atoms with Crippen LogP contribution in [0, 0.1) is 13.8 Å². The van der Waals surface area contributed by atoms with Crippen LogP contribution in [0.2, 0.25) is 0 Å². The van der Waals surface area contributed by atoms with Gasteiger partial charge in [-0.1, -0.05) is 32.9 Å². The molecule has 0 spiro atoms. The number of carbonyl (C=O) groups excluding carboxylic acids is 1. The highest BCUT2D eigenvalue weighted by atomic mass is 35.5. The summed E-state index contributed by atoms with van der Waals surface area (Å²) in [6, 6.07) is 4.39. The molecule has 0 heterocycles. The summed E-state index contributed by atoms with van der Waals surface area (Å²) in [6.07, 6.45) is 0.433. The standard InChI is InChI=1S/C16H26N2O.ClH/c1-11-8-13(16(3,4)5)9-12(2)14(11)10-15(19)18-7-6-17;/h8-9H,6-7,10,17H2,1-5H3,(H,18,19);1H. The van der Waals surface area contributed by atoms with E-state index in [0.717, 1.165) is 5.56 Å². The molecule has 0 saturated heterocycles. The van der Waals surface area contributed by atoms with Crippen LogP contribution in [0.4, 0.5) is 0 Å². The highest BCUT2D eigenvalue weighted by Crippen LogP contribution is 2.27. The highest BCUT2D eigenvalue weighted by molar-refractivity contribution is 5.85. The first-order valence-electron chi connectivity index (χ1n) is 6.83. The quantitative estimate of drug-likeness (QED) is 0.898. The van der Waals surface area contributed by atoms with Gasteiger partial charge in [-0.3, -0.25) is 4.79 Å². The molecule has 114 valence electrons. The van der Waals surface area contributed by atoms with Crippen molar-refractivity contribution >= 4 is 18.3 Å². The Morgan fingerprint density at radius 3 is 2.10 bits per heavy atom. The Balaban J connectivity index is 0.00000361. The van der Waals surface area contributed by atoms with E-state index in [1.54, 1.807) is 0 Å². The topological polar surface area (TPSA) is 55.1 Å². The fourth-order valence-corrected chi connectivity index (χ4v) is 2.14. The van der Waals surface area contributed by atoms with E-state index < -0.39 is 0 Å². The first kappa shape index (κ1) is 18.9. The summed E-state index contributed by atoms with van der Waals surface area (Å²) in [5.41, 5.74) is 10.3. The molecule has 3 nitrogen and oxygen atoms in total. The van der Waals surface area contributed by atoms with Gasteiger partial charge in [0.15, 0.2) is 0 Å². The number of nitrogens with one attached hydrogen (secondary N) is 1. The summed E-state index contributed by atoms with van der Waals surface area (Å²) >= 11 is 0. The second kappa shape index (κ2) is 7.65. The average Bonchev–Trinajstić information content (AvgIpc) is 2.29. The van der Waals surface area contributed by atoms with Gasteiger partial charge in [0.05, 0.1) is 6.42 Å². The van der Waals surface area contributed by atoms with E-state index in [1.165, 1.54) is 16.7 Å². The molecule has 20 heavy (non-hydrogen) atoms. The van der Waals surface area contributed by atoms with Gasteiger partial charge in [-0.05, 0) is 41.5 Å². The van der Waals surface area contributed by atoms with E-state index in [1.807, 2.05) is 0 Å². The van der Waals surface area contributed by atoms with Crippen molar-refractivity contribution in [3.63, 3.8) is 0 Å². The average molecular weight is 299 g/mol. The van der Waals surface area contributed by atoms with E-state index in [4.69, 9.17) is 5.73 Å². The van der Waals surface area contributed by atoms with Crippen molar-refractivity contribution in [2.45, 2.75) is 46.5 Å². The van der Waals surface area contributed by atoms with Crippen LogP contribution >= 0.6 is 12.4 Å². The Morgan fingerprint density at radius 2 is 1.70 bits per heavy atom. The normalized spacial score (nSPS) is 10.9. The predicted molar refractivity (Wildman–Crippen MR) is 87.6 cm³/mol. The monoisotopic (exact) mass is 298 g/mol. The van der Waals surface area contributed by atoms with Gasteiger partial charge in [-0.25, -0.2) is 0 Å². The summed E-state index contributed by atoms with van der Waals surface area (Å²) in [6.45, 7) is 11.8. The maximum absolute atomic E-state index is 11.8. The maximum Gasteiger partial charge on any atom is 0.224 e. The molecule has 0 aromatic heterocycles. The third-order valence-corrected chi connectivity index (χ3v) is 3.37. The molecule has 0 unspecified atom stereocenters. The summed E-state index contributed by atoms with van der Waals surface area (Å²) in [5, 5.41) is 2.82. The molecule has 3 N–H and O–H groups in total. The number of benzene rings is 1. The van der Waals surface area contributed by atoms with Gasteiger partial charge in [-0.15, -0.1) is 12.4 Å². The Kier molecular flexibility index (Phi) is 7.25. The second-order valence-electron chi connectivity index (χ2n) is 6.15. The molecule has 1 amide bonds. The Bertz CT molecular complexity index is 441. The van der Waals surface area contributed by atoms with E-state index in [-0.39, 0.29) is 23.7 Å². The lowest BCUT2D eigenvalue weighted by atomic mass is 9.83. The van der Waals surface area contributed by atoms with Crippen molar-refractivity contribution in [3.8, 4) is 0 Å². The molecule has 0 fully saturated rings. The molecule has 0 aliphatic heterocycles. The largest absolute Gasteiger partial charge is 0.355 e. The minimum Gasteiger partial charge on any atom is -0.355 e. The number of aryl methyl sites for hydroxylation is 2. The molecule has 0 radical (unpaired) electrons. The van der Waals surface area contributed by atoms with Crippen LogP contribution in [0.5, 0.6) is 0 Å². The van der Waals surface area contributed by atoms with Crippen molar-refractivity contribution in [1.82, 2.24) is 5.32 Å². The first-order chi connectivity index (χ1) is 8.75. The van der Waals surface area contributed by atoms with Gasteiger partial charge < -0.3 is 11.1 Å². The number of halogens is 1. The third-order valence-electron chi connectivity index (χ3n) is 3.37. The molecule has 1 aromatic carbocycles. The summed E-state index contributed by atoms with van der Waals surface area (Å²) in [4.78, 5) is 11.8. The minimum atomic E-state index is 0. The molecule has 1 rings (SSSR count). The van der Waals surface area contributed by atoms with Crippen molar-refractivity contribution in [2.24, 2.45) is 5.73 Å². The fraction of sp³-hybridized carbons (Fsp3) is 0.562. The van der Waals surface area contributed by atoms with Gasteiger partial charge >= 0.3 is 0 Å². The maximum atomic E-state index is 11.8. The fourth-order valence-electron chi connectivity index (χ4n) is 2.14. The van der Waals surface area contributed by atoms with Crippen LogP contribution in [0.15, 0.2) is 12.1 Å². The summed E-state index contributed by atoms with van der Waals surface area (Å²) in [5.74, 6) is 0.0418. The van der Waals surface area contributed by atoms with Crippen LogP contribution in [-0.2, 0) is 16.6 Å². The third kappa shape index (κ3) is 5.14. The van der Waals surface area contributed by atoms with Crippen molar-refractivity contribution < 1.29 is 4.79 Å². The predicted octanol–water partition coefficient (Wildman–Crippen LogP) is 2.64.